The highest BCUT2D eigenvalue weighted by Gasteiger charge is 2.30. The minimum absolute atomic E-state index is 0.129. The number of ketones is 2. The van der Waals surface area contributed by atoms with E-state index in [0.717, 1.165) is 0 Å². The summed E-state index contributed by atoms with van der Waals surface area (Å²) in [5, 5.41) is 21.6. The summed E-state index contributed by atoms with van der Waals surface area (Å²) < 4.78 is 20.0. The molecule has 1 heterocycles. The Morgan fingerprint density at radius 3 is 1.97 bits per heavy atom. The van der Waals surface area contributed by atoms with E-state index < -0.39 is 23.2 Å². The smallest absolute Gasteiger partial charge is 0.240 e. The van der Waals surface area contributed by atoms with Crippen LogP contribution in [0.5, 0.6) is 17.4 Å². The number of rotatable bonds is 6. The van der Waals surface area contributed by atoms with Gasteiger partial charge in [0.25, 0.3) is 0 Å². The Morgan fingerprint density at radius 2 is 1.42 bits per heavy atom. The molecular weight excluding hydrogens is 425 g/mol. The summed E-state index contributed by atoms with van der Waals surface area (Å²) in [5.41, 5.74) is 1.58. The number of nitrogens with zero attached hydrogens (tertiary/aromatic N) is 1. The van der Waals surface area contributed by atoms with Gasteiger partial charge >= 0.3 is 0 Å². The highest BCUT2D eigenvalue weighted by atomic mass is 19.1. The Labute approximate surface area is 189 Å². The third-order valence-electron chi connectivity index (χ3n) is 5.35. The molecule has 0 bridgehead atoms. The van der Waals surface area contributed by atoms with Crippen molar-refractivity contribution in [2.75, 3.05) is 7.11 Å². The summed E-state index contributed by atoms with van der Waals surface area (Å²) in [4.78, 5) is 25.1. The molecule has 0 radical (unpaired) electrons. The largest absolute Gasteiger partial charge is 0.503 e. The molecule has 4 aromatic rings. The summed E-state index contributed by atoms with van der Waals surface area (Å²) in [7, 11) is 1.50. The molecule has 166 valence electrons. The molecule has 1 aromatic heterocycles. The molecule has 0 amide bonds. The summed E-state index contributed by atoms with van der Waals surface area (Å²) in [6, 6.07) is 18.0. The fourth-order valence-corrected chi connectivity index (χ4v) is 3.63. The first-order chi connectivity index (χ1) is 15.8. The molecule has 0 unspecified atom stereocenters. The van der Waals surface area contributed by atoms with E-state index in [1.54, 1.807) is 48.5 Å². The Bertz CT molecular complexity index is 1340. The van der Waals surface area contributed by atoms with Crippen molar-refractivity contribution in [1.29, 1.82) is 0 Å². The Hall–Kier alpha value is -4.39. The molecular formula is C26H20FNO5. The number of halogens is 1. The second-order valence-corrected chi connectivity index (χ2v) is 7.40. The fourth-order valence-electron chi connectivity index (χ4n) is 3.63. The van der Waals surface area contributed by atoms with E-state index in [2.05, 4.69) is 0 Å². The molecule has 3 aromatic carbocycles. The monoisotopic (exact) mass is 445 g/mol. The van der Waals surface area contributed by atoms with Gasteiger partial charge in [0.15, 0.2) is 17.3 Å². The molecule has 0 saturated carbocycles. The van der Waals surface area contributed by atoms with Crippen LogP contribution < -0.4 is 4.74 Å². The van der Waals surface area contributed by atoms with Crippen LogP contribution in [-0.2, 0) is 0 Å². The van der Waals surface area contributed by atoms with Gasteiger partial charge in [0.2, 0.25) is 5.88 Å². The molecule has 6 nitrogen and oxygen atoms in total. The van der Waals surface area contributed by atoms with Crippen LogP contribution in [0.4, 0.5) is 4.39 Å². The minimum atomic E-state index is -0.606. The number of ether oxygens (including phenoxy) is 1. The van der Waals surface area contributed by atoms with E-state index >= 15 is 0 Å². The average Bonchev–Trinajstić information content (AvgIpc) is 3.09. The van der Waals surface area contributed by atoms with Gasteiger partial charge in [-0.2, -0.15) is 0 Å². The number of methoxy groups -OCH3 is 1. The molecule has 2 N–H and O–H groups in total. The minimum Gasteiger partial charge on any atom is -0.503 e. The zero-order valence-corrected chi connectivity index (χ0v) is 17.9. The van der Waals surface area contributed by atoms with E-state index in [1.165, 1.54) is 42.9 Å². The van der Waals surface area contributed by atoms with E-state index in [9.17, 15) is 24.2 Å². The second-order valence-electron chi connectivity index (χ2n) is 7.40. The maximum Gasteiger partial charge on any atom is 0.240 e. The molecule has 0 aliphatic heterocycles. The number of aromatic nitrogens is 1. The van der Waals surface area contributed by atoms with Gasteiger partial charge in [0.05, 0.1) is 18.4 Å². The van der Waals surface area contributed by atoms with Crippen LogP contribution in [-0.4, -0.2) is 33.5 Å². The highest BCUT2D eigenvalue weighted by Crippen LogP contribution is 2.44. The van der Waals surface area contributed by atoms with Gasteiger partial charge in [-0.3, -0.25) is 14.2 Å². The number of hydrogen-bond acceptors (Lipinski definition) is 5. The average molecular weight is 445 g/mol. The number of aromatic hydroxyl groups is 2. The standard InChI is InChI=1S/C26H20FNO5/c1-15(29)16-5-11-20(12-6-16)28-23(17-3-9-19(27)10-4-17)22(25(31)26(28)32)24(30)18-7-13-21(33-2)14-8-18/h3-14,31-32H,1-2H3. The molecule has 0 saturated heterocycles. The van der Waals surface area contributed by atoms with Gasteiger partial charge in [0, 0.05) is 16.8 Å². The van der Waals surface area contributed by atoms with Crippen molar-refractivity contribution in [3.8, 4) is 34.3 Å². The Balaban J connectivity index is 1.96. The lowest BCUT2D eigenvalue weighted by Gasteiger charge is -2.13. The maximum absolute atomic E-state index is 13.6. The van der Waals surface area contributed by atoms with Crippen LogP contribution >= 0.6 is 0 Å². The molecule has 33 heavy (non-hydrogen) atoms. The van der Waals surface area contributed by atoms with E-state index in [4.69, 9.17) is 4.74 Å². The predicted octanol–water partition coefficient (Wildman–Crippen LogP) is 5.14. The molecule has 0 fully saturated rings. The third-order valence-corrected chi connectivity index (χ3v) is 5.35. The van der Waals surface area contributed by atoms with E-state index in [-0.39, 0.29) is 22.6 Å². The van der Waals surface area contributed by atoms with Gasteiger partial charge in [-0.05, 0) is 85.3 Å². The van der Waals surface area contributed by atoms with Crippen LogP contribution in [0, 0.1) is 5.82 Å². The predicted molar refractivity (Wildman–Crippen MR) is 121 cm³/mol. The molecule has 7 heteroatoms. The van der Waals surface area contributed by atoms with Crippen LogP contribution in [0.15, 0.2) is 72.8 Å². The maximum atomic E-state index is 13.6. The van der Waals surface area contributed by atoms with Crippen LogP contribution in [0.3, 0.4) is 0 Å². The van der Waals surface area contributed by atoms with Crippen molar-refractivity contribution < 1.29 is 28.9 Å². The lowest BCUT2D eigenvalue weighted by molar-refractivity contribution is 0.101. The van der Waals surface area contributed by atoms with E-state index in [1.807, 2.05) is 0 Å². The quantitative estimate of drug-likeness (QED) is 0.402. The normalized spacial score (nSPS) is 10.8. The second kappa shape index (κ2) is 8.63. The summed E-state index contributed by atoms with van der Waals surface area (Å²) in [6.07, 6.45) is 0. The van der Waals surface area contributed by atoms with Crippen molar-refractivity contribution in [2.45, 2.75) is 6.92 Å². The molecule has 0 atom stereocenters. The lowest BCUT2D eigenvalue weighted by Crippen LogP contribution is -2.05. The zero-order valence-electron chi connectivity index (χ0n) is 17.9. The van der Waals surface area contributed by atoms with Crippen molar-refractivity contribution >= 4 is 11.6 Å². The summed E-state index contributed by atoms with van der Waals surface area (Å²) >= 11 is 0. The number of benzene rings is 3. The lowest BCUT2D eigenvalue weighted by atomic mass is 9.99. The van der Waals surface area contributed by atoms with Gasteiger partial charge in [0.1, 0.15) is 11.6 Å². The van der Waals surface area contributed by atoms with Crippen molar-refractivity contribution in [3.05, 3.63) is 95.3 Å². The first-order valence-electron chi connectivity index (χ1n) is 10.0. The fraction of sp³-hybridized carbons (Fsp3) is 0.0769. The Kier molecular flexibility index (Phi) is 5.70. The third kappa shape index (κ3) is 3.96. The van der Waals surface area contributed by atoms with Crippen molar-refractivity contribution in [2.24, 2.45) is 0 Å². The van der Waals surface area contributed by atoms with E-state index in [0.29, 0.717) is 22.6 Å². The van der Waals surface area contributed by atoms with Gasteiger partial charge < -0.3 is 14.9 Å². The summed E-state index contributed by atoms with van der Waals surface area (Å²) in [6.45, 7) is 1.43. The number of Topliss-reactive ketones (excluding diaryl/α,β-unsaturated/α-hetero) is 1. The highest BCUT2D eigenvalue weighted by molar-refractivity contribution is 6.15. The van der Waals surface area contributed by atoms with Crippen LogP contribution in [0.1, 0.15) is 33.2 Å². The number of hydrogen-bond donors (Lipinski definition) is 2. The van der Waals surface area contributed by atoms with Crippen LogP contribution in [0.25, 0.3) is 16.9 Å². The first kappa shape index (κ1) is 21.8. The Morgan fingerprint density at radius 1 is 0.848 bits per heavy atom. The van der Waals surface area contributed by atoms with Gasteiger partial charge in [-0.25, -0.2) is 4.39 Å². The van der Waals surface area contributed by atoms with Gasteiger partial charge in [-0.1, -0.05) is 0 Å². The molecule has 0 spiro atoms. The number of carbonyl (C=O) groups excluding carboxylic acids is 2. The van der Waals surface area contributed by atoms with Crippen LogP contribution in [0.2, 0.25) is 0 Å². The topological polar surface area (TPSA) is 88.8 Å². The van der Waals surface area contributed by atoms with Gasteiger partial charge in [-0.15, -0.1) is 0 Å². The number of carbonyl (C=O) groups is 2. The van der Waals surface area contributed by atoms with Crippen molar-refractivity contribution in [3.63, 3.8) is 0 Å². The molecule has 0 aliphatic carbocycles. The first-order valence-corrected chi connectivity index (χ1v) is 10.0. The molecule has 4 rings (SSSR count). The zero-order chi connectivity index (χ0) is 23.7. The SMILES string of the molecule is COc1ccc(C(=O)c2c(O)c(O)n(-c3ccc(C(C)=O)cc3)c2-c2ccc(F)cc2)cc1. The summed E-state index contributed by atoms with van der Waals surface area (Å²) in [5.74, 6) is -1.74. The molecule has 0 aliphatic rings. The van der Waals surface area contributed by atoms with Crippen molar-refractivity contribution in [1.82, 2.24) is 4.57 Å².